The highest BCUT2D eigenvalue weighted by atomic mass is 35.5. The molecule has 11 heteroatoms. The Labute approximate surface area is 216 Å². The molecule has 0 bridgehead atoms. The lowest BCUT2D eigenvalue weighted by atomic mass is 10.1. The minimum atomic E-state index is -1.14. The van der Waals surface area contributed by atoms with E-state index in [0.717, 1.165) is 0 Å². The molecule has 0 spiro atoms. The van der Waals surface area contributed by atoms with Gasteiger partial charge in [-0.25, -0.2) is 9.40 Å². The van der Waals surface area contributed by atoms with Crippen LogP contribution in [0.15, 0.2) is 72.8 Å². The van der Waals surface area contributed by atoms with Gasteiger partial charge in [0.1, 0.15) is 17.6 Å². The maximum absolute atomic E-state index is 13.4. The molecule has 3 aromatic rings. The molecule has 184 valence electrons. The molecule has 2 N–H and O–H groups in total. The average molecular weight is 527 g/mol. The Balaban J connectivity index is 1.60. The number of amides is 3. The molecule has 1 saturated heterocycles. The van der Waals surface area contributed by atoms with E-state index < -0.39 is 29.6 Å². The summed E-state index contributed by atoms with van der Waals surface area (Å²) in [7, 11) is 1.48. The molecule has 1 unspecified atom stereocenters. The zero-order chi connectivity index (χ0) is 25.8. The van der Waals surface area contributed by atoms with Crippen LogP contribution >= 0.6 is 23.8 Å². The molecule has 0 saturated carbocycles. The second-order valence-corrected chi connectivity index (χ2v) is 8.55. The first kappa shape index (κ1) is 25.1. The molecule has 0 aromatic heterocycles. The quantitative estimate of drug-likeness (QED) is 0.449. The van der Waals surface area contributed by atoms with Crippen LogP contribution in [-0.2, 0) is 9.59 Å². The lowest BCUT2D eigenvalue weighted by Crippen LogP contribution is -2.49. The maximum atomic E-state index is 13.4. The first-order valence-corrected chi connectivity index (χ1v) is 11.5. The average Bonchev–Trinajstić information content (AvgIpc) is 3.09. The Morgan fingerprint density at radius 3 is 2.44 bits per heavy atom. The highest BCUT2D eigenvalue weighted by Crippen LogP contribution is 2.28. The van der Waals surface area contributed by atoms with Crippen molar-refractivity contribution in [2.75, 3.05) is 17.3 Å². The molecule has 3 aromatic carbocycles. The van der Waals surface area contributed by atoms with E-state index in [9.17, 15) is 18.8 Å². The number of halogens is 2. The Morgan fingerprint density at radius 1 is 1.08 bits per heavy atom. The zero-order valence-corrected chi connectivity index (χ0v) is 20.5. The monoisotopic (exact) mass is 526 g/mol. The van der Waals surface area contributed by atoms with Gasteiger partial charge in [0.2, 0.25) is 11.0 Å². The molecule has 1 aliphatic heterocycles. The van der Waals surface area contributed by atoms with Crippen LogP contribution in [0.4, 0.5) is 15.8 Å². The summed E-state index contributed by atoms with van der Waals surface area (Å²) in [5.74, 6) is -1.56. The van der Waals surface area contributed by atoms with Gasteiger partial charge in [0.25, 0.3) is 11.8 Å². The van der Waals surface area contributed by atoms with Gasteiger partial charge in [-0.15, -0.1) is 0 Å². The van der Waals surface area contributed by atoms with E-state index in [4.69, 9.17) is 28.6 Å². The fourth-order valence-electron chi connectivity index (χ4n) is 3.59. The molecular weight excluding hydrogens is 507 g/mol. The number of nitrogens with one attached hydrogen (secondary N) is 2. The van der Waals surface area contributed by atoms with Crippen molar-refractivity contribution in [2.45, 2.75) is 12.5 Å². The van der Waals surface area contributed by atoms with Gasteiger partial charge in [-0.05, 0) is 78.9 Å². The summed E-state index contributed by atoms with van der Waals surface area (Å²) in [4.78, 5) is 40.5. The number of methoxy groups -OCH3 is 1. The fraction of sp³-hybridized carbons (Fsp3) is 0.120. The van der Waals surface area contributed by atoms with Crippen LogP contribution in [-0.4, -0.2) is 41.0 Å². The van der Waals surface area contributed by atoms with Gasteiger partial charge in [0.05, 0.1) is 19.2 Å². The van der Waals surface area contributed by atoms with Crippen LogP contribution in [0.3, 0.4) is 0 Å². The lowest BCUT2D eigenvalue weighted by Gasteiger charge is -2.24. The van der Waals surface area contributed by atoms with Crippen molar-refractivity contribution in [3.63, 3.8) is 0 Å². The van der Waals surface area contributed by atoms with Crippen LogP contribution < -0.4 is 20.4 Å². The summed E-state index contributed by atoms with van der Waals surface area (Å²) < 4.78 is 18.4. The van der Waals surface area contributed by atoms with Gasteiger partial charge in [-0.2, -0.15) is 0 Å². The summed E-state index contributed by atoms with van der Waals surface area (Å²) in [5, 5.41) is 4.27. The van der Waals surface area contributed by atoms with Gasteiger partial charge < -0.3 is 10.1 Å². The first-order valence-electron chi connectivity index (χ1n) is 10.7. The summed E-state index contributed by atoms with van der Waals surface area (Å²) in [5.41, 5.74) is 3.70. The minimum Gasteiger partial charge on any atom is -0.497 e. The van der Waals surface area contributed by atoms with Gasteiger partial charge in [-0.3, -0.25) is 24.7 Å². The summed E-state index contributed by atoms with van der Waals surface area (Å²) in [6.45, 7) is 0. The molecule has 36 heavy (non-hydrogen) atoms. The zero-order valence-electron chi connectivity index (χ0n) is 18.9. The highest BCUT2D eigenvalue weighted by molar-refractivity contribution is 7.80. The largest absolute Gasteiger partial charge is 0.497 e. The number of hydrazine groups is 1. The number of carbonyl (C=O) groups is 3. The van der Waals surface area contributed by atoms with E-state index in [0.29, 0.717) is 22.1 Å². The molecule has 1 aliphatic rings. The predicted octanol–water partition coefficient (Wildman–Crippen LogP) is 4.16. The van der Waals surface area contributed by atoms with Crippen LogP contribution in [0.25, 0.3) is 0 Å². The molecule has 1 atom stereocenters. The molecule has 0 radical (unpaired) electrons. The molecule has 4 rings (SSSR count). The second-order valence-electron chi connectivity index (χ2n) is 7.75. The SMILES string of the molecule is COc1cccc(C(=O)NN2C(=S)N(c3ccc(Cl)cc3)C(=O)C2CC(=O)Nc2ccc(F)cc2)c1. The highest BCUT2D eigenvalue weighted by Gasteiger charge is 2.45. The number of thiocarbonyl (C=S) groups is 1. The van der Waals surface area contributed by atoms with Crippen LogP contribution in [0.5, 0.6) is 5.75 Å². The number of rotatable bonds is 7. The van der Waals surface area contributed by atoms with E-state index in [1.165, 1.54) is 47.4 Å². The topological polar surface area (TPSA) is 91.0 Å². The third-order valence-electron chi connectivity index (χ3n) is 5.36. The Kier molecular flexibility index (Phi) is 7.47. The summed E-state index contributed by atoms with van der Waals surface area (Å²) in [6.07, 6.45) is -0.334. The van der Waals surface area contributed by atoms with E-state index in [-0.39, 0.29) is 17.1 Å². The van der Waals surface area contributed by atoms with E-state index in [1.54, 1.807) is 42.5 Å². The predicted molar refractivity (Wildman–Crippen MR) is 137 cm³/mol. The number of hydrogen-bond acceptors (Lipinski definition) is 5. The van der Waals surface area contributed by atoms with Crippen molar-refractivity contribution in [1.82, 2.24) is 10.4 Å². The molecule has 1 fully saturated rings. The van der Waals surface area contributed by atoms with Crippen molar-refractivity contribution in [3.05, 3.63) is 89.2 Å². The molecule has 0 aliphatic carbocycles. The van der Waals surface area contributed by atoms with Gasteiger partial charge in [0, 0.05) is 16.3 Å². The van der Waals surface area contributed by atoms with Crippen molar-refractivity contribution < 1.29 is 23.5 Å². The van der Waals surface area contributed by atoms with E-state index in [2.05, 4.69) is 10.7 Å². The third kappa shape index (κ3) is 5.45. The molecule has 1 heterocycles. The van der Waals surface area contributed by atoms with Crippen LogP contribution in [0, 0.1) is 5.82 Å². The number of hydrogen-bond donors (Lipinski definition) is 2. The smallest absolute Gasteiger partial charge is 0.270 e. The fourth-order valence-corrected chi connectivity index (χ4v) is 4.08. The van der Waals surface area contributed by atoms with Gasteiger partial charge >= 0.3 is 0 Å². The number of anilines is 2. The molecular formula is C25H20ClFN4O4S. The van der Waals surface area contributed by atoms with Crippen molar-refractivity contribution in [2.24, 2.45) is 0 Å². The first-order chi connectivity index (χ1) is 17.3. The number of nitrogens with zero attached hydrogens (tertiary/aromatic N) is 2. The Morgan fingerprint density at radius 2 is 1.78 bits per heavy atom. The van der Waals surface area contributed by atoms with Crippen molar-refractivity contribution in [3.8, 4) is 5.75 Å². The lowest BCUT2D eigenvalue weighted by molar-refractivity contribution is -0.124. The third-order valence-corrected chi connectivity index (χ3v) is 5.99. The van der Waals surface area contributed by atoms with E-state index >= 15 is 0 Å². The van der Waals surface area contributed by atoms with Gasteiger partial charge in [-0.1, -0.05) is 17.7 Å². The Bertz CT molecular complexity index is 1320. The summed E-state index contributed by atoms with van der Waals surface area (Å²) in [6, 6.07) is 16.9. The number of ether oxygens (including phenoxy) is 1. The molecule has 3 amide bonds. The maximum Gasteiger partial charge on any atom is 0.270 e. The summed E-state index contributed by atoms with van der Waals surface area (Å²) >= 11 is 11.5. The van der Waals surface area contributed by atoms with Crippen molar-refractivity contribution in [1.29, 1.82) is 0 Å². The number of benzene rings is 3. The minimum absolute atomic E-state index is 0.0156. The second kappa shape index (κ2) is 10.7. The van der Waals surface area contributed by atoms with Crippen LogP contribution in [0.2, 0.25) is 5.02 Å². The normalized spacial score (nSPS) is 15.1. The Hall–Kier alpha value is -4.02. The molecule has 8 nitrogen and oxygen atoms in total. The van der Waals surface area contributed by atoms with E-state index in [1.807, 2.05) is 0 Å². The van der Waals surface area contributed by atoms with Gasteiger partial charge in [0.15, 0.2) is 0 Å². The standard InChI is InChI=1S/C25H20ClFN4O4S/c1-35-20-4-2-3-15(13-20)23(33)29-31-21(14-22(32)28-18-9-7-17(27)8-10-18)24(34)30(25(31)36)19-11-5-16(26)6-12-19/h2-13,21H,14H2,1H3,(H,28,32)(H,29,33). The van der Waals surface area contributed by atoms with Crippen molar-refractivity contribution >= 4 is 58.0 Å². The van der Waals surface area contributed by atoms with Crippen LogP contribution in [0.1, 0.15) is 16.8 Å². The number of carbonyl (C=O) groups excluding carboxylic acids is 3.